The fourth-order valence-corrected chi connectivity index (χ4v) is 2.15. The maximum atomic E-state index is 5.75. The summed E-state index contributed by atoms with van der Waals surface area (Å²) in [5, 5.41) is 2.07. The number of hydrogen-bond acceptors (Lipinski definition) is 4. The maximum absolute atomic E-state index is 5.75. The van der Waals surface area contributed by atoms with Crippen molar-refractivity contribution in [2.75, 3.05) is 6.61 Å². The first-order valence-electron chi connectivity index (χ1n) is 5.62. The quantitative estimate of drug-likeness (QED) is 0.885. The number of thiophene rings is 1. The Morgan fingerprint density at radius 1 is 1.41 bits per heavy atom. The molecule has 0 aliphatic rings. The van der Waals surface area contributed by atoms with Gasteiger partial charge in [0.15, 0.2) is 0 Å². The van der Waals surface area contributed by atoms with Gasteiger partial charge in [0.1, 0.15) is 0 Å². The maximum Gasteiger partial charge on any atom is 0.213 e. The van der Waals surface area contributed by atoms with Crippen LogP contribution in [0.1, 0.15) is 23.4 Å². The monoisotopic (exact) mass is 248 g/mol. The SMILES string of the molecule is C[C@@H](N)c1ccc(OCCc2cccs2)nc1. The molecule has 0 aliphatic carbocycles. The standard InChI is InChI=1S/C13H16N2OS/c1-10(14)11-4-5-13(15-9-11)16-7-6-12-3-2-8-17-12/h2-5,8-10H,6-7,14H2,1H3/t10-/m1/s1. The van der Waals surface area contributed by atoms with Crippen LogP contribution in [-0.2, 0) is 6.42 Å². The van der Waals surface area contributed by atoms with Crippen molar-refractivity contribution in [2.24, 2.45) is 5.73 Å². The Morgan fingerprint density at radius 3 is 2.88 bits per heavy atom. The first-order chi connectivity index (χ1) is 8.25. The highest BCUT2D eigenvalue weighted by atomic mass is 32.1. The lowest BCUT2D eigenvalue weighted by atomic mass is 10.2. The summed E-state index contributed by atoms with van der Waals surface area (Å²) < 4.78 is 5.57. The zero-order chi connectivity index (χ0) is 12.1. The van der Waals surface area contributed by atoms with E-state index in [2.05, 4.69) is 22.5 Å². The van der Waals surface area contributed by atoms with Gasteiger partial charge in [-0.25, -0.2) is 4.98 Å². The van der Waals surface area contributed by atoms with Gasteiger partial charge in [-0.05, 0) is 23.9 Å². The molecule has 0 amide bonds. The van der Waals surface area contributed by atoms with E-state index in [1.54, 1.807) is 17.5 Å². The van der Waals surface area contributed by atoms with Crippen molar-refractivity contribution in [3.05, 3.63) is 46.3 Å². The molecule has 1 atom stereocenters. The van der Waals surface area contributed by atoms with Crippen LogP contribution in [0.15, 0.2) is 35.8 Å². The minimum atomic E-state index is 0.0164. The molecule has 0 unspecified atom stereocenters. The van der Waals surface area contributed by atoms with Gasteiger partial charge in [0.25, 0.3) is 0 Å². The van der Waals surface area contributed by atoms with Gasteiger partial charge in [-0.15, -0.1) is 11.3 Å². The molecule has 0 spiro atoms. The topological polar surface area (TPSA) is 48.1 Å². The third-order valence-corrected chi connectivity index (χ3v) is 3.40. The van der Waals surface area contributed by atoms with Crippen molar-refractivity contribution >= 4 is 11.3 Å². The molecule has 17 heavy (non-hydrogen) atoms. The molecule has 0 bridgehead atoms. The van der Waals surface area contributed by atoms with Crippen molar-refractivity contribution in [1.82, 2.24) is 4.98 Å². The average Bonchev–Trinajstić information content (AvgIpc) is 2.83. The van der Waals surface area contributed by atoms with Crippen LogP contribution in [0.5, 0.6) is 5.88 Å². The molecule has 0 aliphatic heterocycles. The highest BCUT2D eigenvalue weighted by molar-refractivity contribution is 7.09. The van der Waals surface area contributed by atoms with Gasteiger partial charge in [-0.1, -0.05) is 12.1 Å². The van der Waals surface area contributed by atoms with E-state index >= 15 is 0 Å². The van der Waals surface area contributed by atoms with Crippen LogP contribution in [-0.4, -0.2) is 11.6 Å². The molecule has 0 saturated carbocycles. The third-order valence-electron chi connectivity index (χ3n) is 2.46. The number of nitrogens with two attached hydrogens (primary N) is 1. The van der Waals surface area contributed by atoms with Crippen molar-refractivity contribution in [3.63, 3.8) is 0 Å². The number of pyridine rings is 1. The molecule has 3 nitrogen and oxygen atoms in total. The van der Waals surface area contributed by atoms with E-state index in [0.717, 1.165) is 12.0 Å². The molecule has 2 aromatic heterocycles. The lowest BCUT2D eigenvalue weighted by molar-refractivity contribution is 0.310. The summed E-state index contributed by atoms with van der Waals surface area (Å²) in [7, 11) is 0. The molecule has 2 N–H and O–H groups in total. The van der Waals surface area contributed by atoms with Crippen LogP contribution in [0.4, 0.5) is 0 Å². The largest absolute Gasteiger partial charge is 0.477 e. The molecular weight excluding hydrogens is 232 g/mol. The van der Waals surface area contributed by atoms with E-state index in [4.69, 9.17) is 10.5 Å². The summed E-state index contributed by atoms with van der Waals surface area (Å²) in [5.74, 6) is 0.658. The molecule has 2 heterocycles. The zero-order valence-corrected chi connectivity index (χ0v) is 10.6. The van der Waals surface area contributed by atoms with Gasteiger partial charge in [0.05, 0.1) is 6.61 Å². The predicted octanol–water partition coefficient (Wildman–Crippen LogP) is 2.78. The molecule has 4 heteroatoms. The van der Waals surface area contributed by atoms with E-state index in [1.807, 2.05) is 19.1 Å². The number of ether oxygens (including phenoxy) is 1. The van der Waals surface area contributed by atoms with Crippen LogP contribution in [0.3, 0.4) is 0 Å². The Bertz CT molecular complexity index is 437. The fraction of sp³-hybridized carbons (Fsp3) is 0.308. The zero-order valence-electron chi connectivity index (χ0n) is 9.80. The summed E-state index contributed by atoms with van der Waals surface area (Å²) in [6.45, 7) is 2.60. The van der Waals surface area contributed by atoms with E-state index in [9.17, 15) is 0 Å². The number of aromatic nitrogens is 1. The summed E-state index contributed by atoms with van der Waals surface area (Å²) in [4.78, 5) is 5.55. The van der Waals surface area contributed by atoms with Crippen molar-refractivity contribution in [2.45, 2.75) is 19.4 Å². The van der Waals surface area contributed by atoms with E-state index < -0.39 is 0 Å². The summed E-state index contributed by atoms with van der Waals surface area (Å²) in [5.41, 5.74) is 6.77. The Hall–Kier alpha value is -1.39. The minimum absolute atomic E-state index is 0.0164. The lowest BCUT2D eigenvalue weighted by Crippen LogP contribution is -2.06. The number of nitrogens with zero attached hydrogens (tertiary/aromatic N) is 1. The Labute approximate surface area is 105 Å². The second-order valence-corrected chi connectivity index (χ2v) is 4.93. The fourth-order valence-electron chi connectivity index (χ4n) is 1.46. The van der Waals surface area contributed by atoms with Gasteiger partial charge in [0.2, 0.25) is 5.88 Å². The normalized spacial score (nSPS) is 12.4. The van der Waals surface area contributed by atoms with E-state index in [0.29, 0.717) is 12.5 Å². The molecular formula is C13H16N2OS. The van der Waals surface area contributed by atoms with Gasteiger partial charge >= 0.3 is 0 Å². The van der Waals surface area contributed by atoms with Crippen LogP contribution in [0.25, 0.3) is 0 Å². The lowest BCUT2D eigenvalue weighted by Gasteiger charge is -2.07. The van der Waals surface area contributed by atoms with Gasteiger partial charge in [0, 0.05) is 29.6 Å². The predicted molar refractivity (Wildman–Crippen MR) is 70.4 cm³/mol. The van der Waals surface area contributed by atoms with Crippen LogP contribution < -0.4 is 10.5 Å². The highest BCUT2D eigenvalue weighted by Gasteiger charge is 2.01. The third kappa shape index (κ3) is 3.54. The molecule has 0 radical (unpaired) electrons. The molecule has 0 aromatic carbocycles. The molecule has 0 fully saturated rings. The summed E-state index contributed by atoms with van der Waals surface area (Å²) in [6, 6.07) is 8.00. The minimum Gasteiger partial charge on any atom is -0.477 e. The van der Waals surface area contributed by atoms with Crippen molar-refractivity contribution in [3.8, 4) is 5.88 Å². The molecule has 2 rings (SSSR count). The Morgan fingerprint density at radius 2 is 2.29 bits per heavy atom. The van der Waals surface area contributed by atoms with Crippen molar-refractivity contribution < 1.29 is 4.74 Å². The first kappa shape index (κ1) is 12.1. The van der Waals surface area contributed by atoms with Gasteiger partial charge in [-0.3, -0.25) is 0 Å². The Balaban J connectivity index is 1.83. The van der Waals surface area contributed by atoms with Crippen LogP contribution in [0.2, 0.25) is 0 Å². The summed E-state index contributed by atoms with van der Waals surface area (Å²) in [6.07, 6.45) is 2.69. The molecule has 90 valence electrons. The first-order valence-corrected chi connectivity index (χ1v) is 6.50. The second-order valence-electron chi connectivity index (χ2n) is 3.90. The van der Waals surface area contributed by atoms with Gasteiger partial charge < -0.3 is 10.5 Å². The van der Waals surface area contributed by atoms with Crippen molar-refractivity contribution in [1.29, 1.82) is 0 Å². The highest BCUT2D eigenvalue weighted by Crippen LogP contribution is 2.13. The second kappa shape index (κ2) is 5.80. The van der Waals surface area contributed by atoms with E-state index in [1.165, 1.54) is 4.88 Å². The smallest absolute Gasteiger partial charge is 0.213 e. The Kier molecular flexibility index (Phi) is 4.12. The van der Waals surface area contributed by atoms with E-state index in [-0.39, 0.29) is 6.04 Å². The van der Waals surface area contributed by atoms with Gasteiger partial charge in [-0.2, -0.15) is 0 Å². The molecule has 2 aromatic rings. The molecule has 0 saturated heterocycles. The van der Waals surface area contributed by atoms with Crippen LogP contribution in [0, 0.1) is 0 Å². The average molecular weight is 248 g/mol. The number of rotatable bonds is 5. The number of hydrogen-bond donors (Lipinski definition) is 1. The van der Waals surface area contributed by atoms with Crippen LogP contribution >= 0.6 is 11.3 Å². The summed E-state index contributed by atoms with van der Waals surface area (Å²) >= 11 is 1.75.